The molecule has 0 fully saturated rings. The Bertz CT molecular complexity index is 159. The number of hydrogen-bond acceptors (Lipinski definition) is 5. The molecule has 0 spiro atoms. The Labute approximate surface area is 57.0 Å². The standard InChI is InChI=1S/CH5NO6P2/c2-1(7-9(3)4)8-10(5)6/h2,9-10H,(H,3,4)(H,5,6). The maximum atomic E-state index is 9.76. The van der Waals surface area contributed by atoms with Gasteiger partial charge in [0, 0.05) is 0 Å². The van der Waals surface area contributed by atoms with Gasteiger partial charge in [0.1, 0.15) is 0 Å². The van der Waals surface area contributed by atoms with E-state index in [1.807, 2.05) is 0 Å². The molecule has 10 heavy (non-hydrogen) atoms. The van der Waals surface area contributed by atoms with E-state index in [9.17, 15) is 9.13 Å². The number of hydrogen-bond donors (Lipinski definition) is 3. The zero-order valence-electron chi connectivity index (χ0n) is 4.53. The van der Waals surface area contributed by atoms with Crippen LogP contribution in [0.4, 0.5) is 0 Å². The second-order valence-electron chi connectivity index (χ2n) is 1.02. The summed E-state index contributed by atoms with van der Waals surface area (Å²) in [5.74, 6) is 0. The van der Waals surface area contributed by atoms with Crippen molar-refractivity contribution in [2.24, 2.45) is 0 Å². The van der Waals surface area contributed by atoms with E-state index in [0.29, 0.717) is 0 Å². The number of nitrogens with one attached hydrogen (secondary N) is 1. The van der Waals surface area contributed by atoms with Crippen molar-refractivity contribution in [1.29, 1.82) is 5.41 Å². The number of rotatable bonds is 2. The molecule has 0 aliphatic rings. The molecule has 0 aromatic carbocycles. The highest BCUT2D eigenvalue weighted by Gasteiger charge is 2.03. The molecule has 0 amide bonds. The first kappa shape index (κ1) is 9.65. The van der Waals surface area contributed by atoms with Crippen LogP contribution in [0.2, 0.25) is 0 Å². The molecule has 0 heterocycles. The largest absolute Gasteiger partial charge is 0.393 e. The van der Waals surface area contributed by atoms with Crippen LogP contribution < -0.4 is 0 Å². The molecule has 0 rings (SSSR count). The van der Waals surface area contributed by atoms with E-state index in [1.165, 1.54) is 0 Å². The third-order valence-corrected chi connectivity index (χ3v) is 1.08. The molecular weight excluding hydrogens is 184 g/mol. The Morgan fingerprint density at radius 2 is 1.50 bits per heavy atom. The highest BCUT2D eigenvalue weighted by atomic mass is 31.1. The van der Waals surface area contributed by atoms with E-state index in [1.54, 1.807) is 0 Å². The first-order chi connectivity index (χ1) is 4.52. The van der Waals surface area contributed by atoms with E-state index in [0.717, 1.165) is 0 Å². The summed E-state index contributed by atoms with van der Waals surface area (Å²) < 4.78 is 26.9. The van der Waals surface area contributed by atoms with Gasteiger partial charge < -0.3 is 18.8 Å². The van der Waals surface area contributed by atoms with Gasteiger partial charge in [0.2, 0.25) is 0 Å². The van der Waals surface area contributed by atoms with Gasteiger partial charge >= 0.3 is 22.6 Å². The summed E-state index contributed by atoms with van der Waals surface area (Å²) >= 11 is 0. The van der Waals surface area contributed by atoms with E-state index in [-0.39, 0.29) is 0 Å². The molecule has 0 saturated carbocycles. The van der Waals surface area contributed by atoms with Crippen molar-refractivity contribution in [2.75, 3.05) is 0 Å². The van der Waals surface area contributed by atoms with Gasteiger partial charge in [0.15, 0.2) is 0 Å². The molecule has 2 atom stereocenters. The maximum absolute atomic E-state index is 9.76. The summed E-state index contributed by atoms with van der Waals surface area (Å²) in [4.78, 5) is 15.9. The van der Waals surface area contributed by atoms with Crippen LogP contribution in [-0.2, 0) is 18.2 Å². The average Bonchev–Trinajstić information content (AvgIpc) is 1.58. The summed E-state index contributed by atoms with van der Waals surface area (Å²) in [5, 5.41) is 6.44. The molecule has 0 aromatic rings. The molecular formula is CH5NO6P2. The van der Waals surface area contributed by atoms with Crippen LogP contribution in [0.3, 0.4) is 0 Å². The molecule has 0 saturated heterocycles. The van der Waals surface area contributed by atoms with Crippen molar-refractivity contribution in [2.45, 2.75) is 0 Å². The average molecular weight is 189 g/mol. The van der Waals surface area contributed by atoms with Crippen molar-refractivity contribution in [3.8, 4) is 0 Å². The van der Waals surface area contributed by atoms with Gasteiger partial charge in [-0.2, -0.15) is 0 Å². The third-order valence-electron chi connectivity index (χ3n) is 0.360. The lowest BCUT2D eigenvalue weighted by atomic mass is 11.4. The topological polar surface area (TPSA) is 117 Å². The quantitative estimate of drug-likeness (QED) is 0.312. The first-order valence-corrected chi connectivity index (χ1v) is 4.45. The minimum absolute atomic E-state index is 1.13. The molecule has 0 bridgehead atoms. The highest BCUT2D eigenvalue weighted by molar-refractivity contribution is 7.34. The predicted octanol–water partition coefficient (Wildman–Crippen LogP) is -0.282. The van der Waals surface area contributed by atoms with Crippen molar-refractivity contribution in [1.82, 2.24) is 0 Å². The van der Waals surface area contributed by atoms with Crippen LogP contribution in [0, 0.1) is 5.41 Å². The molecule has 0 aromatic heterocycles. The zero-order valence-corrected chi connectivity index (χ0v) is 6.53. The Hall–Kier alpha value is -0.350. The summed E-state index contributed by atoms with van der Waals surface area (Å²) in [6, 6.07) is 0. The van der Waals surface area contributed by atoms with E-state index in [2.05, 4.69) is 9.05 Å². The van der Waals surface area contributed by atoms with E-state index >= 15 is 0 Å². The molecule has 60 valence electrons. The monoisotopic (exact) mass is 189 g/mol. The predicted molar refractivity (Wildman–Crippen MR) is 32.3 cm³/mol. The first-order valence-electron chi connectivity index (χ1n) is 1.92. The lowest BCUT2D eigenvalue weighted by Gasteiger charge is -2.00. The van der Waals surface area contributed by atoms with Crippen LogP contribution in [0.5, 0.6) is 0 Å². The molecule has 7 nitrogen and oxygen atoms in total. The van der Waals surface area contributed by atoms with Crippen LogP contribution >= 0.6 is 16.5 Å². The van der Waals surface area contributed by atoms with Crippen molar-refractivity contribution >= 4 is 22.6 Å². The molecule has 0 aliphatic carbocycles. The van der Waals surface area contributed by atoms with Gasteiger partial charge in [-0.15, -0.1) is 0 Å². The SMILES string of the molecule is N=C(O[PH](=O)O)O[PH](=O)O. The van der Waals surface area contributed by atoms with Crippen molar-refractivity contribution in [3.63, 3.8) is 0 Å². The highest BCUT2D eigenvalue weighted by Crippen LogP contribution is 2.21. The van der Waals surface area contributed by atoms with Gasteiger partial charge in [-0.05, 0) is 0 Å². The Morgan fingerprint density at radius 1 is 1.20 bits per heavy atom. The summed E-state index contributed by atoms with van der Waals surface area (Å²) in [5.41, 5.74) is 0. The van der Waals surface area contributed by atoms with Gasteiger partial charge in [-0.3, -0.25) is 0 Å². The van der Waals surface area contributed by atoms with Crippen LogP contribution in [0.25, 0.3) is 0 Å². The van der Waals surface area contributed by atoms with Gasteiger partial charge in [0.25, 0.3) is 0 Å². The minimum Gasteiger partial charge on any atom is -0.378 e. The van der Waals surface area contributed by atoms with Crippen LogP contribution in [0.1, 0.15) is 0 Å². The Balaban J connectivity index is 3.65. The summed E-state index contributed by atoms with van der Waals surface area (Å²) in [6.45, 7) is 0. The second kappa shape index (κ2) is 4.46. The van der Waals surface area contributed by atoms with Gasteiger partial charge in [-0.25, -0.2) is 14.5 Å². The van der Waals surface area contributed by atoms with Crippen LogP contribution in [0.15, 0.2) is 0 Å². The molecule has 3 N–H and O–H groups in total. The van der Waals surface area contributed by atoms with Crippen molar-refractivity contribution < 1.29 is 28.0 Å². The minimum atomic E-state index is -3.31. The van der Waals surface area contributed by atoms with Gasteiger partial charge in [-0.1, -0.05) is 0 Å². The Kier molecular flexibility index (Phi) is 4.31. The Morgan fingerprint density at radius 3 is 1.70 bits per heavy atom. The second-order valence-corrected chi connectivity index (χ2v) is 2.50. The fraction of sp³-hybridized carbons (Fsp3) is 0. The zero-order chi connectivity index (χ0) is 8.15. The lowest BCUT2D eigenvalue weighted by Crippen LogP contribution is -1.96. The fourth-order valence-electron chi connectivity index (χ4n) is 0.179. The third kappa shape index (κ3) is 5.78. The molecule has 9 heteroatoms. The van der Waals surface area contributed by atoms with Crippen LogP contribution in [-0.4, -0.2) is 15.9 Å². The lowest BCUT2D eigenvalue weighted by molar-refractivity contribution is 0.322. The normalized spacial score (nSPS) is 15.4. The smallest absolute Gasteiger partial charge is 0.378 e. The van der Waals surface area contributed by atoms with Crippen molar-refractivity contribution in [3.05, 3.63) is 0 Å². The van der Waals surface area contributed by atoms with E-state index < -0.39 is 22.6 Å². The fourth-order valence-corrected chi connectivity index (χ4v) is 0.663. The summed E-state index contributed by atoms with van der Waals surface area (Å²) in [6.07, 6.45) is -1.13. The van der Waals surface area contributed by atoms with Gasteiger partial charge in [0.05, 0.1) is 0 Å². The summed E-state index contributed by atoms with van der Waals surface area (Å²) in [7, 11) is -6.62. The molecule has 0 aliphatic heterocycles. The van der Waals surface area contributed by atoms with E-state index in [4.69, 9.17) is 15.2 Å². The molecule has 0 radical (unpaired) electrons. The maximum Gasteiger partial charge on any atom is 0.393 e. The molecule has 2 unspecified atom stereocenters.